The molecule has 24 heavy (non-hydrogen) atoms. The lowest BCUT2D eigenvalue weighted by Gasteiger charge is -1.96. The van der Waals surface area contributed by atoms with Crippen molar-refractivity contribution in [1.82, 2.24) is 4.98 Å². The summed E-state index contributed by atoms with van der Waals surface area (Å²) in [5, 5.41) is 16.9. The molecule has 0 saturated carbocycles. The Labute approximate surface area is 148 Å². The molecule has 0 aliphatic heterocycles. The van der Waals surface area contributed by atoms with E-state index in [0.717, 1.165) is 16.8 Å². The number of phenolic OH excluding ortho intramolecular Hbond substituents is 1. The van der Waals surface area contributed by atoms with E-state index in [2.05, 4.69) is 15.5 Å². The molecule has 0 spiro atoms. The highest BCUT2D eigenvalue weighted by molar-refractivity contribution is 7.14. The first-order valence-electron chi connectivity index (χ1n) is 7.17. The highest BCUT2D eigenvalue weighted by Crippen LogP contribution is 2.25. The van der Waals surface area contributed by atoms with Crippen LogP contribution in [0.3, 0.4) is 0 Å². The summed E-state index contributed by atoms with van der Waals surface area (Å²) in [6.07, 6.45) is 5.27. The van der Waals surface area contributed by atoms with Crippen molar-refractivity contribution in [1.29, 1.82) is 0 Å². The summed E-state index contributed by atoms with van der Waals surface area (Å²) in [5.74, 6) is 0.240. The lowest BCUT2D eigenvalue weighted by Crippen LogP contribution is -1.87. The van der Waals surface area contributed by atoms with Crippen molar-refractivity contribution in [2.45, 2.75) is 0 Å². The van der Waals surface area contributed by atoms with Gasteiger partial charge in [-0.3, -0.25) is 5.43 Å². The fourth-order valence-corrected chi connectivity index (χ4v) is 2.79. The lowest BCUT2D eigenvalue weighted by molar-refractivity contribution is 0.475. The Balaban J connectivity index is 1.58. The Morgan fingerprint density at radius 1 is 1.17 bits per heavy atom. The van der Waals surface area contributed by atoms with Crippen molar-refractivity contribution in [2.24, 2.45) is 5.10 Å². The molecular formula is C18H14ClN3OS. The first-order chi connectivity index (χ1) is 11.7. The minimum Gasteiger partial charge on any atom is -0.508 e. The Morgan fingerprint density at radius 3 is 2.79 bits per heavy atom. The molecule has 0 aliphatic carbocycles. The van der Waals surface area contributed by atoms with Crippen molar-refractivity contribution in [2.75, 3.05) is 5.43 Å². The predicted molar refractivity (Wildman–Crippen MR) is 102 cm³/mol. The first kappa shape index (κ1) is 16.2. The highest BCUT2D eigenvalue weighted by atomic mass is 35.5. The molecule has 2 aromatic carbocycles. The number of aromatic hydroxyl groups is 1. The SMILES string of the molecule is Oc1cccc(/C=C/C=NNc2nc(-c3ccc(Cl)cc3)cs2)c1. The van der Waals surface area contributed by atoms with Crippen LogP contribution in [0.4, 0.5) is 5.13 Å². The van der Waals surface area contributed by atoms with Crippen molar-refractivity contribution >= 4 is 40.4 Å². The van der Waals surface area contributed by atoms with Gasteiger partial charge in [-0.25, -0.2) is 4.98 Å². The van der Waals surface area contributed by atoms with Gasteiger partial charge in [0, 0.05) is 22.2 Å². The molecular weight excluding hydrogens is 342 g/mol. The van der Waals surface area contributed by atoms with Crippen LogP contribution in [0.1, 0.15) is 5.56 Å². The van der Waals surface area contributed by atoms with Crippen molar-refractivity contribution in [3.05, 3.63) is 70.6 Å². The summed E-state index contributed by atoms with van der Waals surface area (Å²) in [7, 11) is 0. The minimum atomic E-state index is 0.240. The van der Waals surface area contributed by atoms with Crippen LogP contribution >= 0.6 is 22.9 Å². The molecule has 3 aromatic rings. The van der Waals surface area contributed by atoms with Crippen LogP contribution in [0.5, 0.6) is 5.75 Å². The molecule has 1 aromatic heterocycles. The van der Waals surface area contributed by atoms with Crippen LogP contribution in [0.25, 0.3) is 17.3 Å². The molecule has 0 atom stereocenters. The topological polar surface area (TPSA) is 57.5 Å². The fraction of sp³-hybridized carbons (Fsp3) is 0. The maximum atomic E-state index is 9.38. The van der Waals surface area contributed by atoms with E-state index in [1.807, 2.05) is 41.8 Å². The summed E-state index contributed by atoms with van der Waals surface area (Å²) in [4.78, 5) is 4.47. The van der Waals surface area contributed by atoms with E-state index in [9.17, 15) is 5.11 Å². The standard InChI is InChI=1S/C18H14ClN3OS/c19-15-8-6-14(7-9-15)17-12-24-18(21-17)22-20-10-2-4-13-3-1-5-16(23)11-13/h1-12,23H,(H,21,22)/b4-2+,20-10?. The molecule has 1 heterocycles. The van der Waals surface area contributed by atoms with Gasteiger partial charge in [0.15, 0.2) is 0 Å². The van der Waals surface area contributed by atoms with Crippen LogP contribution < -0.4 is 5.43 Å². The third-order valence-electron chi connectivity index (χ3n) is 3.12. The van der Waals surface area contributed by atoms with Gasteiger partial charge in [-0.15, -0.1) is 11.3 Å². The third kappa shape index (κ3) is 4.44. The summed E-state index contributed by atoms with van der Waals surface area (Å²) in [5.41, 5.74) is 5.69. The molecule has 0 amide bonds. The minimum absolute atomic E-state index is 0.240. The van der Waals surface area contributed by atoms with E-state index in [1.165, 1.54) is 11.3 Å². The summed E-state index contributed by atoms with van der Waals surface area (Å²) < 4.78 is 0. The number of hydrogen-bond acceptors (Lipinski definition) is 5. The smallest absolute Gasteiger partial charge is 0.203 e. The molecule has 4 nitrogen and oxygen atoms in total. The number of rotatable bonds is 5. The second kappa shape index (κ2) is 7.77. The number of nitrogens with zero attached hydrogens (tertiary/aromatic N) is 2. The Bertz CT molecular complexity index is 872. The molecule has 0 unspecified atom stereocenters. The van der Waals surface area contributed by atoms with E-state index in [-0.39, 0.29) is 5.75 Å². The van der Waals surface area contributed by atoms with Gasteiger partial charge in [0.1, 0.15) is 5.75 Å². The van der Waals surface area contributed by atoms with E-state index in [4.69, 9.17) is 11.6 Å². The number of hydrogen-bond donors (Lipinski definition) is 2. The summed E-state index contributed by atoms with van der Waals surface area (Å²) >= 11 is 7.36. The van der Waals surface area contributed by atoms with Gasteiger partial charge in [-0.1, -0.05) is 41.9 Å². The second-order valence-electron chi connectivity index (χ2n) is 4.89. The largest absolute Gasteiger partial charge is 0.508 e. The number of benzene rings is 2. The second-order valence-corrected chi connectivity index (χ2v) is 6.18. The number of allylic oxidation sites excluding steroid dienone is 1. The van der Waals surface area contributed by atoms with E-state index in [0.29, 0.717) is 10.2 Å². The van der Waals surface area contributed by atoms with Gasteiger partial charge >= 0.3 is 0 Å². The molecule has 120 valence electrons. The van der Waals surface area contributed by atoms with E-state index in [1.54, 1.807) is 30.5 Å². The van der Waals surface area contributed by atoms with E-state index >= 15 is 0 Å². The molecule has 0 fully saturated rings. The van der Waals surface area contributed by atoms with Gasteiger partial charge in [0.25, 0.3) is 0 Å². The third-order valence-corrected chi connectivity index (χ3v) is 4.12. The van der Waals surface area contributed by atoms with Crippen molar-refractivity contribution < 1.29 is 5.11 Å². The monoisotopic (exact) mass is 355 g/mol. The van der Waals surface area contributed by atoms with Crippen LogP contribution in [-0.2, 0) is 0 Å². The molecule has 0 bridgehead atoms. The van der Waals surface area contributed by atoms with Crippen LogP contribution in [0, 0.1) is 0 Å². The molecule has 6 heteroatoms. The van der Waals surface area contributed by atoms with Gasteiger partial charge in [0.2, 0.25) is 5.13 Å². The number of halogens is 1. The van der Waals surface area contributed by atoms with E-state index < -0.39 is 0 Å². The first-order valence-corrected chi connectivity index (χ1v) is 8.43. The summed E-state index contributed by atoms with van der Waals surface area (Å²) in [6.45, 7) is 0. The van der Waals surface area contributed by atoms with Crippen LogP contribution in [0.15, 0.2) is 65.1 Å². The van der Waals surface area contributed by atoms with Crippen molar-refractivity contribution in [3.8, 4) is 17.0 Å². The lowest BCUT2D eigenvalue weighted by atomic mass is 10.2. The van der Waals surface area contributed by atoms with Gasteiger partial charge in [-0.2, -0.15) is 5.10 Å². The maximum absolute atomic E-state index is 9.38. The quantitative estimate of drug-likeness (QED) is 0.483. The Morgan fingerprint density at radius 2 is 2.00 bits per heavy atom. The average Bonchev–Trinajstić information content (AvgIpc) is 3.04. The zero-order valence-electron chi connectivity index (χ0n) is 12.6. The molecule has 0 saturated heterocycles. The Hall–Kier alpha value is -2.63. The van der Waals surface area contributed by atoms with Crippen LogP contribution in [0.2, 0.25) is 5.02 Å². The highest BCUT2D eigenvalue weighted by Gasteiger charge is 2.03. The summed E-state index contributed by atoms with van der Waals surface area (Å²) in [6, 6.07) is 14.5. The van der Waals surface area contributed by atoms with Crippen LogP contribution in [-0.4, -0.2) is 16.3 Å². The Kier molecular flexibility index (Phi) is 5.25. The zero-order chi connectivity index (χ0) is 16.8. The number of phenols is 1. The van der Waals surface area contributed by atoms with Crippen molar-refractivity contribution in [3.63, 3.8) is 0 Å². The molecule has 0 aliphatic rings. The number of aromatic nitrogens is 1. The maximum Gasteiger partial charge on any atom is 0.203 e. The fourth-order valence-electron chi connectivity index (χ4n) is 2.00. The predicted octanol–water partition coefficient (Wildman–Crippen LogP) is 5.28. The average molecular weight is 356 g/mol. The molecule has 2 N–H and O–H groups in total. The molecule has 0 radical (unpaired) electrons. The van der Waals surface area contributed by atoms with Gasteiger partial charge in [-0.05, 0) is 35.9 Å². The zero-order valence-corrected chi connectivity index (χ0v) is 14.1. The van der Waals surface area contributed by atoms with Gasteiger partial charge < -0.3 is 5.11 Å². The number of nitrogens with one attached hydrogen (secondary N) is 1. The normalized spacial score (nSPS) is 11.4. The number of thiazole rings is 1. The number of hydrazone groups is 1. The molecule has 3 rings (SSSR count). The number of anilines is 1. The van der Waals surface area contributed by atoms with Gasteiger partial charge in [0.05, 0.1) is 5.69 Å².